The lowest BCUT2D eigenvalue weighted by molar-refractivity contribution is -0.136. The number of likely N-dealkylation sites (tertiary alicyclic amines) is 1. The minimum atomic E-state index is -0.122. The Balaban J connectivity index is 1.27. The van der Waals surface area contributed by atoms with Gasteiger partial charge < -0.3 is 15.0 Å². The van der Waals surface area contributed by atoms with Gasteiger partial charge in [0.05, 0.1) is 36.7 Å². The predicted octanol–water partition coefficient (Wildman–Crippen LogP) is 0.307. The number of fused-ring (bicyclic) bond motifs is 1. The number of aromatic nitrogens is 2. The smallest absolute Gasteiger partial charge is 0.253 e. The first kappa shape index (κ1) is 18.3. The molecule has 8 heteroatoms. The molecule has 4 rings (SSSR count). The van der Waals surface area contributed by atoms with Crippen molar-refractivity contribution in [2.75, 3.05) is 33.3 Å². The van der Waals surface area contributed by atoms with Crippen molar-refractivity contribution in [2.24, 2.45) is 5.92 Å². The number of nitrogens with zero attached hydrogens (tertiary/aromatic N) is 4. The molecule has 8 nitrogen and oxygen atoms in total. The fourth-order valence-electron chi connectivity index (χ4n) is 4.47. The van der Waals surface area contributed by atoms with E-state index in [1.54, 1.807) is 6.07 Å². The number of hydrogen-bond acceptors (Lipinski definition) is 6. The van der Waals surface area contributed by atoms with Crippen LogP contribution in [0.25, 0.3) is 0 Å². The van der Waals surface area contributed by atoms with Crippen LogP contribution in [0.15, 0.2) is 18.5 Å². The molecule has 27 heavy (non-hydrogen) atoms. The third kappa shape index (κ3) is 3.96. The van der Waals surface area contributed by atoms with E-state index in [9.17, 15) is 9.59 Å². The van der Waals surface area contributed by atoms with Crippen LogP contribution >= 0.6 is 0 Å². The second kappa shape index (κ2) is 7.90. The van der Waals surface area contributed by atoms with Gasteiger partial charge in [0.25, 0.3) is 5.91 Å². The van der Waals surface area contributed by atoms with Gasteiger partial charge in [0.15, 0.2) is 0 Å². The molecule has 1 N–H and O–H groups in total. The number of morpholine rings is 1. The number of nitrogens with one attached hydrogen (secondary N) is 1. The summed E-state index contributed by atoms with van der Waals surface area (Å²) in [5.74, 6) is 0.194. The fraction of sp³-hybridized carbons (Fsp3) is 0.684. The van der Waals surface area contributed by atoms with Gasteiger partial charge in [0.2, 0.25) is 5.91 Å². The zero-order valence-corrected chi connectivity index (χ0v) is 15.7. The lowest BCUT2D eigenvalue weighted by Gasteiger charge is -2.33. The van der Waals surface area contributed by atoms with Gasteiger partial charge in [-0.1, -0.05) is 0 Å². The summed E-state index contributed by atoms with van der Waals surface area (Å²) in [7, 11) is 2.11. The molecule has 0 radical (unpaired) electrons. The zero-order chi connectivity index (χ0) is 18.8. The van der Waals surface area contributed by atoms with Crippen molar-refractivity contribution in [1.29, 1.82) is 0 Å². The van der Waals surface area contributed by atoms with E-state index in [-0.39, 0.29) is 29.9 Å². The highest BCUT2D eigenvalue weighted by atomic mass is 16.5. The standard InChI is InChI=1S/C19H27N5O3/c1-23-8-9-27-17-12-24(11-16(17)23)19(26)13-2-4-15(5-3-13)22-18(25)14-6-7-20-21-10-14/h6-7,10,13,15-17H,2-5,8-9,11-12H2,1H3,(H,22,25)/t13?,15?,16-,17-/m0/s1. The number of amides is 2. The highest BCUT2D eigenvalue weighted by Gasteiger charge is 2.42. The molecule has 3 heterocycles. The molecule has 2 amide bonds. The van der Waals surface area contributed by atoms with E-state index in [2.05, 4.69) is 27.5 Å². The molecule has 2 atom stereocenters. The highest BCUT2D eigenvalue weighted by molar-refractivity contribution is 5.93. The maximum Gasteiger partial charge on any atom is 0.253 e. The van der Waals surface area contributed by atoms with E-state index < -0.39 is 0 Å². The van der Waals surface area contributed by atoms with Crippen LogP contribution in [0.1, 0.15) is 36.0 Å². The lowest BCUT2D eigenvalue weighted by atomic mass is 9.85. The Bertz CT molecular complexity index is 677. The van der Waals surface area contributed by atoms with Crippen LogP contribution in [0.3, 0.4) is 0 Å². The second-order valence-corrected chi connectivity index (χ2v) is 7.85. The maximum absolute atomic E-state index is 13.0. The van der Waals surface area contributed by atoms with Crippen molar-refractivity contribution in [3.8, 4) is 0 Å². The summed E-state index contributed by atoms with van der Waals surface area (Å²) in [6.07, 6.45) is 6.44. The molecule has 1 aliphatic carbocycles. The van der Waals surface area contributed by atoms with Crippen LogP contribution < -0.4 is 5.32 Å². The van der Waals surface area contributed by atoms with Crippen molar-refractivity contribution >= 4 is 11.8 Å². The Kier molecular flexibility index (Phi) is 5.36. The van der Waals surface area contributed by atoms with Crippen LogP contribution in [0, 0.1) is 5.92 Å². The SMILES string of the molecule is CN1CCO[C@H]2CN(C(=O)C3CCC(NC(=O)c4ccnnc4)CC3)C[C@@H]21. The summed E-state index contributed by atoms with van der Waals surface area (Å²) in [6, 6.07) is 2.10. The normalized spacial score (nSPS) is 31.4. The minimum Gasteiger partial charge on any atom is -0.373 e. The molecule has 0 unspecified atom stereocenters. The Labute approximate surface area is 159 Å². The molecular weight excluding hydrogens is 346 g/mol. The van der Waals surface area contributed by atoms with E-state index >= 15 is 0 Å². The molecule has 3 fully saturated rings. The molecule has 0 bridgehead atoms. The van der Waals surface area contributed by atoms with E-state index in [0.717, 1.165) is 45.4 Å². The van der Waals surface area contributed by atoms with Crippen molar-refractivity contribution in [2.45, 2.75) is 43.9 Å². The lowest BCUT2D eigenvalue weighted by Crippen LogP contribution is -2.48. The topological polar surface area (TPSA) is 87.7 Å². The van der Waals surface area contributed by atoms with Gasteiger partial charge >= 0.3 is 0 Å². The molecule has 1 aromatic rings. The molecule has 1 saturated carbocycles. The summed E-state index contributed by atoms with van der Waals surface area (Å²) in [4.78, 5) is 29.5. The van der Waals surface area contributed by atoms with E-state index in [1.165, 1.54) is 12.4 Å². The van der Waals surface area contributed by atoms with E-state index in [4.69, 9.17) is 4.74 Å². The van der Waals surface area contributed by atoms with Gasteiger partial charge in [-0.3, -0.25) is 14.5 Å². The summed E-state index contributed by atoms with van der Waals surface area (Å²) < 4.78 is 5.85. The Morgan fingerprint density at radius 2 is 2.00 bits per heavy atom. The van der Waals surface area contributed by atoms with E-state index in [0.29, 0.717) is 18.2 Å². The third-order valence-electron chi connectivity index (χ3n) is 6.15. The average molecular weight is 373 g/mol. The van der Waals surface area contributed by atoms with Gasteiger partial charge in [-0.2, -0.15) is 10.2 Å². The maximum atomic E-state index is 13.0. The number of rotatable bonds is 3. The monoisotopic (exact) mass is 373 g/mol. The van der Waals surface area contributed by atoms with Crippen LogP contribution in [0.5, 0.6) is 0 Å². The minimum absolute atomic E-state index is 0.0613. The average Bonchev–Trinajstić information content (AvgIpc) is 3.14. The van der Waals surface area contributed by atoms with Crippen LogP contribution in [0.4, 0.5) is 0 Å². The number of likely N-dealkylation sites (N-methyl/N-ethyl adjacent to an activating group) is 1. The van der Waals surface area contributed by atoms with Gasteiger partial charge in [0, 0.05) is 31.6 Å². The Morgan fingerprint density at radius 1 is 1.19 bits per heavy atom. The first-order valence-electron chi connectivity index (χ1n) is 9.80. The van der Waals surface area contributed by atoms with Gasteiger partial charge in [-0.05, 0) is 38.8 Å². The molecule has 1 aromatic heterocycles. The summed E-state index contributed by atoms with van der Waals surface area (Å²) in [6.45, 7) is 3.16. The molecule has 3 aliphatic rings. The quantitative estimate of drug-likeness (QED) is 0.820. The van der Waals surface area contributed by atoms with Gasteiger partial charge in [-0.15, -0.1) is 0 Å². The molecule has 2 aliphatic heterocycles. The van der Waals surface area contributed by atoms with E-state index in [1.807, 2.05) is 4.90 Å². The molecule has 0 aromatic carbocycles. The number of carbonyl (C=O) groups excluding carboxylic acids is 2. The van der Waals surface area contributed by atoms with Crippen LogP contribution in [0.2, 0.25) is 0 Å². The van der Waals surface area contributed by atoms with Gasteiger partial charge in [-0.25, -0.2) is 0 Å². The molecule has 2 saturated heterocycles. The van der Waals surface area contributed by atoms with Gasteiger partial charge in [0.1, 0.15) is 0 Å². The van der Waals surface area contributed by atoms with Crippen molar-refractivity contribution < 1.29 is 14.3 Å². The molecule has 146 valence electrons. The Morgan fingerprint density at radius 3 is 2.70 bits per heavy atom. The number of hydrogen-bond donors (Lipinski definition) is 1. The van der Waals surface area contributed by atoms with Crippen molar-refractivity contribution in [1.82, 2.24) is 25.3 Å². The van der Waals surface area contributed by atoms with Crippen LogP contribution in [-0.2, 0) is 9.53 Å². The largest absolute Gasteiger partial charge is 0.373 e. The first-order valence-corrected chi connectivity index (χ1v) is 9.80. The molecule has 0 spiro atoms. The predicted molar refractivity (Wildman–Crippen MR) is 98.0 cm³/mol. The van der Waals surface area contributed by atoms with Crippen LogP contribution in [-0.4, -0.2) is 83.3 Å². The summed E-state index contributed by atoms with van der Waals surface area (Å²) in [5.41, 5.74) is 0.520. The summed E-state index contributed by atoms with van der Waals surface area (Å²) in [5, 5.41) is 10.5. The van der Waals surface area contributed by atoms with Crippen molar-refractivity contribution in [3.05, 3.63) is 24.0 Å². The molecular formula is C19H27N5O3. The third-order valence-corrected chi connectivity index (χ3v) is 6.15. The fourth-order valence-corrected chi connectivity index (χ4v) is 4.47. The Hall–Kier alpha value is -2.06. The second-order valence-electron chi connectivity index (χ2n) is 7.85. The first-order chi connectivity index (χ1) is 13.1. The number of ether oxygens (including phenoxy) is 1. The summed E-state index contributed by atoms with van der Waals surface area (Å²) >= 11 is 0. The zero-order valence-electron chi connectivity index (χ0n) is 15.7. The number of carbonyl (C=O) groups is 2. The highest BCUT2D eigenvalue weighted by Crippen LogP contribution is 2.29. The van der Waals surface area contributed by atoms with Crippen molar-refractivity contribution in [3.63, 3.8) is 0 Å².